The SMILES string of the molecule is CCNC(=NCc1cccc(C(F)(F)F)c1)NCCNS(=O)(=O)CC.I. The Morgan fingerprint density at radius 1 is 1.15 bits per heavy atom. The van der Waals surface area contributed by atoms with Crippen LogP contribution in [-0.4, -0.2) is 39.8 Å². The summed E-state index contributed by atoms with van der Waals surface area (Å²) >= 11 is 0. The second-order valence-electron chi connectivity index (χ2n) is 5.12. The third-order valence-electron chi connectivity index (χ3n) is 3.14. The molecule has 0 spiro atoms. The van der Waals surface area contributed by atoms with Gasteiger partial charge >= 0.3 is 6.18 Å². The molecule has 0 radical (unpaired) electrons. The van der Waals surface area contributed by atoms with Crippen LogP contribution in [0.25, 0.3) is 0 Å². The Kier molecular flexibility index (Phi) is 11.1. The Bertz CT molecular complexity index is 682. The molecule has 1 aromatic rings. The van der Waals surface area contributed by atoms with Crippen LogP contribution in [0.15, 0.2) is 29.3 Å². The largest absolute Gasteiger partial charge is 0.416 e. The van der Waals surface area contributed by atoms with Crippen molar-refractivity contribution in [2.45, 2.75) is 26.6 Å². The molecular weight excluding hydrogens is 484 g/mol. The molecule has 0 aliphatic heterocycles. The number of halogens is 4. The molecule has 0 atom stereocenters. The average molecular weight is 508 g/mol. The predicted molar refractivity (Wildman–Crippen MR) is 107 cm³/mol. The van der Waals surface area contributed by atoms with Gasteiger partial charge in [0.1, 0.15) is 0 Å². The maximum absolute atomic E-state index is 12.7. The van der Waals surface area contributed by atoms with Crippen LogP contribution in [0.1, 0.15) is 25.0 Å². The fraction of sp³-hybridized carbons (Fsp3) is 0.533. The van der Waals surface area contributed by atoms with Crippen molar-refractivity contribution in [1.82, 2.24) is 15.4 Å². The predicted octanol–water partition coefficient (Wildman–Crippen LogP) is 2.32. The summed E-state index contributed by atoms with van der Waals surface area (Å²) < 4.78 is 63.1. The van der Waals surface area contributed by atoms with E-state index in [1.807, 2.05) is 6.92 Å². The molecule has 0 unspecified atom stereocenters. The van der Waals surface area contributed by atoms with Crippen LogP contribution in [0.4, 0.5) is 13.2 Å². The van der Waals surface area contributed by atoms with Crippen LogP contribution in [0.3, 0.4) is 0 Å². The highest BCUT2D eigenvalue weighted by atomic mass is 127. The quantitative estimate of drug-likeness (QED) is 0.218. The number of aliphatic imine (C=N–C) groups is 1. The van der Waals surface area contributed by atoms with Gasteiger partial charge in [-0.15, -0.1) is 24.0 Å². The number of hydrogen-bond acceptors (Lipinski definition) is 3. The van der Waals surface area contributed by atoms with Crippen LogP contribution in [-0.2, 0) is 22.7 Å². The summed E-state index contributed by atoms with van der Waals surface area (Å²) in [6.07, 6.45) is -4.39. The molecule has 0 heterocycles. The molecule has 0 saturated heterocycles. The van der Waals surface area contributed by atoms with Crippen LogP contribution in [0, 0.1) is 0 Å². The van der Waals surface area contributed by atoms with Crippen molar-refractivity contribution in [3.05, 3.63) is 35.4 Å². The third kappa shape index (κ3) is 9.57. The smallest absolute Gasteiger partial charge is 0.357 e. The first kappa shape index (κ1) is 24.9. The number of alkyl halides is 3. The summed E-state index contributed by atoms with van der Waals surface area (Å²) in [6, 6.07) is 4.98. The van der Waals surface area contributed by atoms with Gasteiger partial charge in [0.15, 0.2) is 5.96 Å². The number of sulfonamides is 1. The van der Waals surface area contributed by atoms with Crippen molar-refractivity contribution in [2.24, 2.45) is 4.99 Å². The van der Waals surface area contributed by atoms with E-state index in [1.54, 1.807) is 6.07 Å². The van der Waals surface area contributed by atoms with Crippen LogP contribution < -0.4 is 15.4 Å². The summed E-state index contributed by atoms with van der Waals surface area (Å²) in [5, 5.41) is 5.87. The second kappa shape index (κ2) is 11.6. The highest BCUT2D eigenvalue weighted by Gasteiger charge is 2.30. The van der Waals surface area contributed by atoms with Gasteiger partial charge in [-0.3, -0.25) is 0 Å². The second-order valence-corrected chi connectivity index (χ2v) is 7.21. The van der Waals surface area contributed by atoms with Gasteiger partial charge in [-0.25, -0.2) is 18.1 Å². The van der Waals surface area contributed by atoms with E-state index in [4.69, 9.17) is 0 Å². The number of nitrogens with one attached hydrogen (secondary N) is 3. The lowest BCUT2D eigenvalue weighted by molar-refractivity contribution is -0.137. The van der Waals surface area contributed by atoms with E-state index in [2.05, 4.69) is 20.3 Å². The lowest BCUT2D eigenvalue weighted by atomic mass is 10.1. The van der Waals surface area contributed by atoms with Gasteiger partial charge in [-0.2, -0.15) is 13.2 Å². The van der Waals surface area contributed by atoms with E-state index >= 15 is 0 Å². The zero-order valence-corrected chi connectivity index (χ0v) is 17.7. The molecule has 3 N–H and O–H groups in total. The molecule has 0 amide bonds. The maximum Gasteiger partial charge on any atom is 0.416 e. The van der Waals surface area contributed by atoms with Crippen LogP contribution in [0.5, 0.6) is 0 Å². The summed E-state index contributed by atoms with van der Waals surface area (Å²) in [5.74, 6) is 0.395. The first-order chi connectivity index (χ1) is 11.7. The van der Waals surface area contributed by atoms with Gasteiger partial charge in [-0.05, 0) is 31.5 Å². The van der Waals surface area contributed by atoms with E-state index < -0.39 is 21.8 Å². The van der Waals surface area contributed by atoms with E-state index in [-0.39, 0.29) is 42.8 Å². The Hall–Kier alpha value is -1.08. The molecule has 0 bridgehead atoms. The molecule has 150 valence electrons. The third-order valence-corrected chi connectivity index (χ3v) is 4.54. The number of hydrogen-bond donors (Lipinski definition) is 3. The number of nitrogens with zero attached hydrogens (tertiary/aromatic N) is 1. The minimum absolute atomic E-state index is 0. The molecule has 0 aliphatic rings. The molecule has 1 rings (SSSR count). The Labute approximate surface area is 169 Å². The minimum atomic E-state index is -4.39. The lowest BCUT2D eigenvalue weighted by Crippen LogP contribution is -2.41. The number of rotatable bonds is 8. The molecule has 26 heavy (non-hydrogen) atoms. The molecular formula is C15H24F3IN4O2S. The molecule has 0 saturated carbocycles. The van der Waals surface area contributed by atoms with Crippen LogP contribution in [0.2, 0.25) is 0 Å². The minimum Gasteiger partial charge on any atom is -0.357 e. The van der Waals surface area contributed by atoms with Gasteiger partial charge in [-0.1, -0.05) is 12.1 Å². The van der Waals surface area contributed by atoms with Gasteiger partial charge in [0, 0.05) is 19.6 Å². The Balaban J connectivity index is 0.00000625. The van der Waals surface area contributed by atoms with Crippen molar-refractivity contribution < 1.29 is 21.6 Å². The molecule has 0 aliphatic carbocycles. The monoisotopic (exact) mass is 508 g/mol. The van der Waals surface area contributed by atoms with Crippen molar-refractivity contribution in [2.75, 3.05) is 25.4 Å². The van der Waals surface area contributed by atoms with E-state index in [1.165, 1.54) is 13.0 Å². The Morgan fingerprint density at radius 3 is 2.42 bits per heavy atom. The van der Waals surface area contributed by atoms with Crippen molar-refractivity contribution in [3.63, 3.8) is 0 Å². The lowest BCUT2D eigenvalue weighted by Gasteiger charge is -2.12. The summed E-state index contributed by atoms with van der Waals surface area (Å²) in [4.78, 5) is 4.21. The molecule has 6 nitrogen and oxygen atoms in total. The molecule has 0 aromatic heterocycles. The number of guanidine groups is 1. The van der Waals surface area contributed by atoms with Crippen LogP contribution >= 0.6 is 24.0 Å². The van der Waals surface area contributed by atoms with E-state index in [0.29, 0.717) is 24.6 Å². The average Bonchev–Trinajstić information content (AvgIpc) is 2.56. The normalized spacial score (nSPS) is 12.4. The highest BCUT2D eigenvalue weighted by Crippen LogP contribution is 2.29. The van der Waals surface area contributed by atoms with Crippen molar-refractivity contribution >= 4 is 40.0 Å². The fourth-order valence-corrected chi connectivity index (χ4v) is 2.46. The van der Waals surface area contributed by atoms with Gasteiger partial charge in [0.25, 0.3) is 0 Å². The molecule has 0 fully saturated rings. The fourth-order valence-electron chi connectivity index (χ4n) is 1.85. The first-order valence-corrected chi connectivity index (χ1v) is 9.48. The summed E-state index contributed by atoms with van der Waals surface area (Å²) in [6.45, 7) is 4.50. The Morgan fingerprint density at radius 2 is 1.85 bits per heavy atom. The van der Waals surface area contributed by atoms with Crippen molar-refractivity contribution in [3.8, 4) is 0 Å². The number of benzene rings is 1. The summed E-state index contributed by atoms with van der Waals surface area (Å²) in [5.41, 5.74) is -0.286. The highest BCUT2D eigenvalue weighted by molar-refractivity contribution is 14.0. The van der Waals surface area contributed by atoms with E-state index in [0.717, 1.165) is 12.1 Å². The summed E-state index contributed by atoms with van der Waals surface area (Å²) in [7, 11) is -3.26. The topological polar surface area (TPSA) is 82.6 Å². The maximum atomic E-state index is 12.7. The van der Waals surface area contributed by atoms with Gasteiger partial charge in [0.05, 0.1) is 17.9 Å². The first-order valence-electron chi connectivity index (χ1n) is 7.83. The zero-order chi connectivity index (χ0) is 18.9. The van der Waals surface area contributed by atoms with Gasteiger partial charge in [0.2, 0.25) is 10.0 Å². The molecule has 11 heteroatoms. The zero-order valence-electron chi connectivity index (χ0n) is 14.6. The molecule has 1 aromatic carbocycles. The van der Waals surface area contributed by atoms with E-state index in [9.17, 15) is 21.6 Å². The van der Waals surface area contributed by atoms with Gasteiger partial charge < -0.3 is 10.6 Å². The van der Waals surface area contributed by atoms with Crippen molar-refractivity contribution in [1.29, 1.82) is 0 Å². The standard InChI is InChI=1S/C15H23F3N4O2S.HI/c1-3-19-14(20-8-9-22-25(23,24)4-2)21-11-12-6-5-7-13(10-12)15(16,17)18;/h5-7,10,22H,3-4,8-9,11H2,1-2H3,(H2,19,20,21);1H.